The highest BCUT2D eigenvalue weighted by molar-refractivity contribution is 5.75. The highest BCUT2D eigenvalue weighted by atomic mass is 16.7. The highest BCUT2D eigenvalue weighted by Gasteiger charge is 2.51. The van der Waals surface area contributed by atoms with Crippen LogP contribution in [0.1, 0.15) is 25.3 Å². The van der Waals surface area contributed by atoms with E-state index in [0.29, 0.717) is 12.6 Å². The average molecular weight is 315 g/mol. The van der Waals surface area contributed by atoms with Gasteiger partial charge in [-0.05, 0) is 25.0 Å². The Labute approximate surface area is 134 Å². The van der Waals surface area contributed by atoms with Crippen LogP contribution in [0.5, 0.6) is 0 Å². The third kappa shape index (κ3) is 2.13. The van der Waals surface area contributed by atoms with Crippen molar-refractivity contribution in [2.45, 2.75) is 55.9 Å². The number of para-hydroxylation sites is 2. The van der Waals surface area contributed by atoms with E-state index < -0.39 is 12.4 Å². The molecule has 2 saturated heterocycles. The van der Waals surface area contributed by atoms with Crippen molar-refractivity contribution in [3.05, 3.63) is 30.6 Å². The molecule has 3 fully saturated rings. The molecule has 0 amide bonds. The van der Waals surface area contributed by atoms with E-state index in [2.05, 4.69) is 10.3 Å². The Morgan fingerprint density at radius 3 is 2.96 bits per heavy atom. The van der Waals surface area contributed by atoms with Crippen molar-refractivity contribution in [1.29, 1.82) is 0 Å². The van der Waals surface area contributed by atoms with Crippen LogP contribution in [0, 0.1) is 0 Å². The van der Waals surface area contributed by atoms with E-state index >= 15 is 0 Å². The van der Waals surface area contributed by atoms with Crippen LogP contribution in [0.15, 0.2) is 30.6 Å². The van der Waals surface area contributed by atoms with Gasteiger partial charge in [0.05, 0.1) is 36.1 Å². The predicted octanol–water partition coefficient (Wildman–Crippen LogP) is 1.20. The first kappa shape index (κ1) is 13.9. The molecule has 6 heteroatoms. The number of nitrogens with zero attached hydrogens (tertiary/aromatic N) is 2. The van der Waals surface area contributed by atoms with E-state index in [1.54, 1.807) is 6.33 Å². The van der Waals surface area contributed by atoms with Crippen LogP contribution >= 0.6 is 0 Å². The SMILES string of the molecule is O[C@H]1[C@H](NC2CCC2)[C@H]2CO[C@H](O2)[C@@H]1n1cnc2ccccc21. The van der Waals surface area contributed by atoms with Crippen molar-refractivity contribution in [3.63, 3.8) is 0 Å². The number of fused-ring (bicyclic) bond motifs is 3. The third-order valence-corrected chi connectivity index (χ3v) is 5.47. The number of nitrogens with one attached hydrogen (secondary N) is 1. The van der Waals surface area contributed by atoms with Gasteiger partial charge >= 0.3 is 0 Å². The zero-order valence-electron chi connectivity index (χ0n) is 12.8. The summed E-state index contributed by atoms with van der Waals surface area (Å²) in [7, 11) is 0. The summed E-state index contributed by atoms with van der Waals surface area (Å²) in [6.45, 7) is 0.537. The quantitative estimate of drug-likeness (QED) is 0.891. The van der Waals surface area contributed by atoms with Gasteiger partial charge in [-0.3, -0.25) is 0 Å². The number of imidazole rings is 1. The molecule has 6 nitrogen and oxygen atoms in total. The topological polar surface area (TPSA) is 68.5 Å². The Kier molecular flexibility index (Phi) is 3.19. The molecular weight excluding hydrogens is 294 g/mol. The Morgan fingerprint density at radius 1 is 1.26 bits per heavy atom. The summed E-state index contributed by atoms with van der Waals surface area (Å²) in [6.07, 6.45) is 4.37. The first-order valence-corrected chi connectivity index (χ1v) is 8.44. The molecule has 122 valence electrons. The number of rotatable bonds is 3. The maximum Gasteiger partial charge on any atom is 0.181 e. The van der Waals surface area contributed by atoms with Gasteiger partial charge in [-0.1, -0.05) is 18.6 Å². The van der Waals surface area contributed by atoms with Crippen molar-refractivity contribution in [2.24, 2.45) is 0 Å². The fourth-order valence-corrected chi connectivity index (χ4v) is 3.97. The molecule has 5 atom stereocenters. The molecule has 1 aromatic heterocycles. The number of hydrogen-bond acceptors (Lipinski definition) is 5. The zero-order chi connectivity index (χ0) is 15.4. The van der Waals surface area contributed by atoms with Crippen molar-refractivity contribution < 1.29 is 14.6 Å². The van der Waals surface area contributed by atoms with E-state index in [4.69, 9.17) is 9.47 Å². The van der Waals surface area contributed by atoms with Crippen LogP contribution in [-0.4, -0.2) is 51.8 Å². The van der Waals surface area contributed by atoms with Crippen LogP contribution in [0.3, 0.4) is 0 Å². The lowest BCUT2D eigenvalue weighted by Crippen LogP contribution is -2.60. The maximum absolute atomic E-state index is 11.0. The normalized spacial score (nSPS) is 37.2. The van der Waals surface area contributed by atoms with Crippen molar-refractivity contribution >= 4 is 11.0 Å². The summed E-state index contributed by atoms with van der Waals surface area (Å²) >= 11 is 0. The molecule has 23 heavy (non-hydrogen) atoms. The minimum atomic E-state index is -0.556. The van der Waals surface area contributed by atoms with E-state index in [0.717, 1.165) is 11.0 Å². The van der Waals surface area contributed by atoms with E-state index in [1.165, 1.54) is 19.3 Å². The minimum absolute atomic E-state index is 0.0679. The first-order valence-electron chi connectivity index (χ1n) is 8.44. The fraction of sp³-hybridized carbons (Fsp3) is 0.588. The highest BCUT2D eigenvalue weighted by Crippen LogP contribution is 2.38. The molecular formula is C17H21N3O3. The van der Waals surface area contributed by atoms with E-state index in [9.17, 15) is 5.11 Å². The molecule has 1 aromatic carbocycles. The summed E-state index contributed by atoms with van der Waals surface area (Å²) in [5, 5.41) is 14.6. The van der Waals surface area contributed by atoms with Gasteiger partial charge in [0.2, 0.25) is 0 Å². The lowest BCUT2D eigenvalue weighted by Gasteiger charge is -2.42. The first-order chi connectivity index (χ1) is 11.3. The summed E-state index contributed by atoms with van der Waals surface area (Å²) in [4.78, 5) is 4.44. The average Bonchev–Trinajstić information content (AvgIpc) is 3.12. The Bertz CT molecular complexity index is 714. The van der Waals surface area contributed by atoms with Gasteiger partial charge in [0, 0.05) is 6.04 Å². The van der Waals surface area contributed by atoms with Crippen LogP contribution < -0.4 is 5.32 Å². The molecule has 0 radical (unpaired) electrons. The van der Waals surface area contributed by atoms with Gasteiger partial charge in [-0.15, -0.1) is 0 Å². The van der Waals surface area contributed by atoms with Crippen LogP contribution in [0.4, 0.5) is 0 Å². The van der Waals surface area contributed by atoms with Crippen molar-refractivity contribution in [2.75, 3.05) is 6.61 Å². The Morgan fingerprint density at radius 2 is 2.13 bits per heavy atom. The fourth-order valence-electron chi connectivity index (χ4n) is 3.97. The van der Waals surface area contributed by atoms with Gasteiger partial charge in [0.1, 0.15) is 12.1 Å². The summed E-state index contributed by atoms with van der Waals surface area (Å²) in [6, 6.07) is 8.07. The number of hydrogen-bond donors (Lipinski definition) is 2. The molecule has 0 spiro atoms. The van der Waals surface area contributed by atoms with E-state index in [-0.39, 0.29) is 18.2 Å². The molecule has 1 saturated carbocycles. The molecule has 2 aliphatic heterocycles. The molecule has 3 aliphatic rings. The smallest absolute Gasteiger partial charge is 0.181 e. The zero-order valence-corrected chi connectivity index (χ0v) is 12.8. The molecule has 3 heterocycles. The second-order valence-electron chi connectivity index (χ2n) is 6.82. The summed E-state index contributed by atoms with van der Waals surface area (Å²) in [5.74, 6) is 0. The third-order valence-electron chi connectivity index (χ3n) is 5.47. The second kappa shape index (κ2) is 5.27. The van der Waals surface area contributed by atoms with Gasteiger partial charge < -0.3 is 24.5 Å². The molecule has 2 N–H and O–H groups in total. The number of aliphatic hydroxyl groups excluding tert-OH is 1. The van der Waals surface area contributed by atoms with Crippen LogP contribution in [0.2, 0.25) is 0 Å². The number of aliphatic hydroxyl groups is 1. The molecule has 1 aliphatic carbocycles. The lowest BCUT2D eigenvalue weighted by molar-refractivity contribution is -0.166. The van der Waals surface area contributed by atoms with Gasteiger partial charge in [-0.2, -0.15) is 0 Å². The largest absolute Gasteiger partial charge is 0.389 e. The number of aromatic nitrogens is 2. The lowest BCUT2D eigenvalue weighted by atomic mass is 9.89. The van der Waals surface area contributed by atoms with E-state index in [1.807, 2.05) is 28.8 Å². The second-order valence-corrected chi connectivity index (χ2v) is 6.82. The summed E-state index contributed by atoms with van der Waals surface area (Å²) < 4.78 is 13.9. The maximum atomic E-state index is 11.0. The Balaban J connectivity index is 1.50. The van der Waals surface area contributed by atoms with Crippen LogP contribution in [-0.2, 0) is 9.47 Å². The molecule has 5 rings (SSSR count). The number of benzene rings is 1. The standard InChI is InChI=1S/C17H21N3O3/c21-16-14(19-10-4-3-5-10)13-8-22-17(23-13)15(16)20-9-18-11-6-1-2-7-12(11)20/h1-2,6-7,9-10,13-17,19,21H,3-5,8H2/t13-,14-,15-,16+,17-/m1/s1. The van der Waals surface area contributed by atoms with Crippen LogP contribution in [0.25, 0.3) is 11.0 Å². The summed E-state index contributed by atoms with van der Waals surface area (Å²) in [5.41, 5.74) is 1.92. The Hall–Kier alpha value is -1.47. The minimum Gasteiger partial charge on any atom is -0.389 e. The van der Waals surface area contributed by atoms with Gasteiger partial charge in [0.15, 0.2) is 6.29 Å². The molecule has 2 bridgehead atoms. The van der Waals surface area contributed by atoms with Gasteiger partial charge in [0.25, 0.3) is 0 Å². The number of ether oxygens (including phenoxy) is 2. The van der Waals surface area contributed by atoms with Crippen molar-refractivity contribution in [1.82, 2.24) is 14.9 Å². The van der Waals surface area contributed by atoms with Crippen molar-refractivity contribution in [3.8, 4) is 0 Å². The van der Waals surface area contributed by atoms with Gasteiger partial charge in [-0.25, -0.2) is 4.98 Å². The monoisotopic (exact) mass is 315 g/mol. The molecule has 0 unspecified atom stereocenters. The predicted molar refractivity (Wildman–Crippen MR) is 84.0 cm³/mol. The molecule has 2 aromatic rings.